The minimum atomic E-state index is -0.711. The van der Waals surface area contributed by atoms with E-state index in [2.05, 4.69) is 12.2 Å². The lowest BCUT2D eigenvalue weighted by Gasteiger charge is -2.38. The molecule has 0 spiro atoms. The van der Waals surface area contributed by atoms with Gasteiger partial charge in [0, 0.05) is 31.7 Å². The molecular weight excluding hydrogens is 264 g/mol. The standard InChI is InChI=1S/C17H26N2O2/c1-2-3-9-16(20)19-12-10-17(21,11-13-19)14-18-15-7-5-4-6-8-15/h4-8,18,21H,2-3,9-14H2,1H3. The van der Waals surface area contributed by atoms with E-state index >= 15 is 0 Å². The van der Waals surface area contributed by atoms with E-state index in [1.807, 2.05) is 35.2 Å². The molecule has 4 nitrogen and oxygen atoms in total. The predicted octanol–water partition coefficient (Wildman–Crippen LogP) is 2.64. The Labute approximate surface area is 127 Å². The number of rotatable bonds is 6. The molecule has 0 aromatic heterocycles. The molecule has 1 aliphatic heterocycles. The number of nitrogens with zero attached hydrogens (tertiary/aromatic N) is 1. The van der Waals surface area contributed by atoms with Crippen LogP contribution in [0, 0.1) is 0 Å². The lowest BCUT2D eigenvalue weighted by Crippen LogP contribution is -2.49. The van der Waals surface area contributed by atoms with Gasteiger partial charge in [0.2, 0.25) is 5.91 Å². The summed E-state index contributed by atoms with van der Waals surface area (Å²) in [6, 6.07) is 9.91. The van der Waals surface area contributed by atoms with Crippen LogP contribution < -0.4 is 5.32 Å². The van der Waals surface area contributed by atoms with Crippen molar-refractivity contribution in [2.45, 2.75) is 44.6 Å². The Balaban J connectivity index is 1.77. The number of hydrogen-bond donors (Lipinski definition) is 2. The fourth-order valence-corrected chi connectivity index (χ4v) is 2.66. The number of benzene rings is 1. The molecule has 1 heterocycles. The average molecular weight is 290 g/mol. The van der Waals surface area contributed by atoms with Gasteiger partial charge in [0.25, 0.3) is 0 Å². The van der Waals surface area contributed by atoms with Gasteiger partial charge in [0.1, 0.15) is 0 Å². The molecule has 116 valence electrons. The van der Waals surface area contributed by atoms with Crippen molar-refractivity contribution in [1.82, 2.24) is 4.90 Å². The minimum absolute atomic E-state index is 0.231. The zero-order valence-electron chi connectivity index (χ0n) is 12.8. The highest BCUT2D eigenvalue weighted by atomic mass is 16.3. The SMILES string of the molecule is CCCCC(=O)N1CCC(O)(CNc2ccccc2)CC1. The van der Waals surface area contributed by atoms with E-state index in [0.717, 1.165) is 18.5 Å². The van der Waals surface area contributed by atoms with Crippen LogP contribution in [-0.2, 0) is 4.79 Å². The van der Waals surface area contributed by atoms with Crippen LogP contribution in [0.15, 0.2) is 30.3 Å². The topological polar surface area (TPSA) is 52.6 Å². The number of carbonyl (C=O) groups is 1. The first kappa shape index (κ1) is 15.8. The fourth-order valence-electron chi connectivity index (χ4n) is 2.66. The Bertz CT molecular complexity index is 439. The quantitative estimate of drug-likeness (QED) is 0.847. The lowest BCUT2D eigenvalue weighted by molar-refractivity contribution is -0.135. The second-order valence-electron chi connectivity index (χ2n) is 5.93. The molecule has 0 aliphatic carbocycles. The van der Waals surface area contributed by atoms with E-state index in [1.165, 1.54) is 0 Å². The van der Waals surface area contributed by atoms with Gasteiger partial charge in [-0.3, -0.25) is 4.79 Å². The number of carbonyl (C=O) groups excluding carboxylic acids is 1. The third kappa shape index (κ3) is 4.74. The number of hydrogen-bond acceptors (Lipinski definition) is 3. The summed E-state index contributed by atoms with van der Waals surface area (Å²) in [7, 11) is 0. The van der Waals surface area contributed by atoms with Crippen LogP contribution in [0.4, 0.5) is 5.69 Å². The highest BCUT2D eigenvalue weighted by molar-refractivity contribution is 5.76. The van der Waals surface area contributed by atoms with Crippen molar-refractivity contribution in [2.75, 3.05) is 25.0 Å². The largest absolute Gasteiger partial charge is 0.388 e. The van der Waals surface area contributed by atoms with E-state index in [9.17, 15) is 9.90 Å². The predicted molar refractivity (Wildman–Crippen MR) is 85.2 cm³/mol. The summed E-state index contributed by atoms with van der Waals surface area (Å²) in [6.45, 7) is 3.95. The lowest BCUT2D eigenvalue weighted by atomic mass is 9.91. The number of nitrogens with one attached hydrogen (secondary N) is 1. The van der Waals surface area contributed by atoms with Crippen molar-refractivity contribution in [3.8, 4) is 0 Å². The molecule has 0 saturated carbocycles. The maximum absolute atomic E-state index is 12.0. The van der Waals surface area contributed by atoms with Crippen LogP contribution in [0.2, 0.25) is 0 Å². The summed E-state index contributed by atoms with van der Waals surface area (Å²) in [5.74, 6) is 0.231. The van der Waals surface area contributed by atoms with Gasteiger partial charge in [-0.25, -0.2) is 0 Å². The van der Waals surface area contributed by atoms with Gasteiger partial charge in [-0.15, -0.1) is 0 Å². The Kier molecular flexibility index (Phi) is 5.62. The first-order chi connectivity index (χ1) is 10.1. The van der Waals surface area contributed by atoms with Crippen molar-refractivity contribution < 1.29 is 9.90 Å². The molecule has 1 aromatic rings. The molecule has 1 amide bonds. The van der Waals surface area contributed by atoms with Crippen LogP contribution in [-0.4, -0.2) is 41.1 Å². The molecule has 2 rings (SSSR count). The van der Waals surface area contributed by atoms with Crippen molar-refractivity contribution in [1.29, 1.82) is 0 Å². The molecule has 0 atom stereocenters. The second-order valence-corrected chi connectivity index (χ2v) is 5.93. The fraction of sp³-hybridized carbons (Fsp3) is 0.588. The van der Waals surface area contributed by atoms with Gasteiger partial charge < -0.3 is 15.3 Å². The van der Waals surface area contributed by atoms with Crippen molar-refractivity contribution in [3.05, 3.63) is 30.3 Å². The van der Waals surface area contributed by atoms with Gasteiger partial charge in [0.05, 0.1) is 5.60 Å². The van der Waals surface area contributed by atoms with E-state index in [4.69, 9.17) is 0 Å². The first-order valence-electron chi connectivity index (χ1n) is 7.92. The van der Waals surface area contributed by atoms with Crippen LogP contribution >= 0.6 is 0 Å². The molecule has 1 saturated heterocycles. The molecule has 1 fully saturated rings. The zero-order chi connectivity index (χ0) is 15.1. The first-order valence-corrected chi connectivity index (χ1v) is 7.92. The van der Waals surface area contributed by atoms with Crippen LogP contribution in [0.25, 0.3) is 0 Å². The van der Waals surface area contributed by atoms with Gasteiger partial charge in [-0.1, -0.05) is 31.5 Å². The molecular formula is C17H26N2O2. The minimum Gasteiger partial charge on any atom is -0.388 e. The highest BCUT2D eigenvalue weighted by Crippen LogP contribution is 2.23. The van der Waals surface area contributed by atoms with E-state index in [-0.39, 0.29) is 5.91 Å². The van der Waals surface area contributed by atoms with Crippen molar-refractivity contribution >= 4 is 11.6 Å². The van der Waals surface area contributed by atoms with Crippen LogP contribution in [0.3, 0.4) is 0 Å². The average Bonchev–Trinajstić information content (AvgIpc) is 2.52. The molecule has 1 aliphatic rings. The van der Waals surface area contributed by atoms with Crippen molar-refractivity contribution in [3.63, 3.8) is 0 Å². The molecule has 21 heavy (non-hydrogen) atoms. The number of unbranched alkanes of at least 4 members (excludes halogenated alkanes) is 1. The Morgan fingerprint density at radius 2 is 1.95 bits per heavy atom. The van der Waals surface area contributed by atoms with Gasteiger partial charge in [0.15, 0.2) is 0 Å². The third-order valence-electron chi connectivity index (χ3n) is 4.19. The number of aliphatic hydroxyl groups is 1. The Morgan fingerprint density at radius 3 is 2.57 bits per heavy atom. The number of likely N-dealkylation sites (tertiary alicyclic amines) is 1. The molecule has 4 heteroatoms. The van der Waals surface area contributed by atoms with Gasteiger partial charge in [-0.2, -0.15) is 0 Å². The number of para-hydroxylation sites is 1. The van der Waals surface area contributed by atoms with E-state index in [0.29, 0.717) is 38.9 Å². The Hall–Kier alpha value is -1.55. The number of piperidine rings is 1. The normalized spacial score (nSPS) is 17.5. The van der Waals surface area contributed by atoms with Gasteiger partial charge >= 0.3 is 0 Å². The van der Waals surface area contributed by atoms with Crippen LogP contribution in [0.5, 0.6) is 0 Å². The summed E-state index contributed by atoms with van der Waals surface area (Å²) < 4.78 is 0. The molecule has 1 aromatic carbocycles. The maximum Gasteiger partial charge on any atom is 0.222 e. The summed E-state index contributed by atoms with van der Waals surface area (Å²) >= 11 is 0. The molecule has 2 N–H and O–H groups in total. The number of anilines is 1. The maximum atomic E-state index is 12.0. The highest BCUT2D eigenvalue weighted by Gasteiger charge is 2.33. The van der Waals surface area contributed by atoms with Gasteiger partial charge in [-0.05, 0) is 31.4 Å². The summed E-state index contributed by atoms with van der Waals surface area (Å²) in [4.78, 5) is 13.9. The summed E-state index contributed by atoms with van der Waals surface area (Å²) in [6.07, 6.45) is 3.92. The Morgan fingerprint density at radius 1 is 1.29 bits per heavy atom. The third-order valence-corrected chi connectivity index (χ3v) is 4.19. The summed E-state index contributed by atoms with van der Waals surface area (Å²) in [5, 5.41) is 13.9. The smallest absolute Gasteiger partial charge is 0.222 e. The number of amides is 1. The van der Waals surface area contributed by atoms with Crippen molar-refractivity contribution in [2.24, 2.45) is 0 Å². The summed E-state index contributed by atoms with van der Waals surface area (Å²) in [5.41, 5.74) is 0.310. The van der Waals surface area contributed by atoms with E-state index in [1.54, 1.807) is 0 Å². The van der Waals surface area contributed by atoms with E-state index < -0.39 is 5.60 Å². The second kappa shape index (κ2) is 7.46. The molecule has 0 bridgehead atoms. The molecule has 0 radical (unpaired) electrons. The van der Waals surface area contributed by atoms with Crippen LogP contribution in [0.1, 0.15) is 39.0 Å². The molecule has 0 unspecified atom stereocenters. The zero-order valence-corrected chi connectivity index (χ0v) is 12.8. The monoisotopic (exact) mass is 290 g/mol.